The average molecular weight is 552 g/mol. The van der Waals surface area contributed by atoms with Crippen LogP contribution in [0.15, 0.2) is 34.2 Å². The number of sulfonamides is 1. The molecule has 0 amide bonds. The summed E-state index contributed by atoms with van der Waals surface area (Å²) in [4.78, 5) is 7.37. The molecule has 0 saturated carbocycles. The standard InChI is InChI=1S/C21H37N5O2S.HI/c1-5-22-20(23-13-16-26-14-9-6-10-15-26)24-17-18-11-7-8-12-19(18)29(27,28)25-21(2,3)4;/h7-8,11-12,25H,5-6,9-10,13-17H2,1-4H3,(H2,22,23,24);1H. The number of rotatable bonds is 8. The minimum atomic E-state index is -3.61. The topological polar surface area (TPSA) is 85.8 Å². The van der Waals surface area contributed by atoms with Gasteiger partial charge in [-0.2, -0.15) is 0 Å². The fourth-order valence-corrected chi connectivity index (χ4v) is 5.03. The molecular formula is C21H38IN5O2S. The van der Waals surface area contributed by atoms with E-state index < -0.39 is 15.6 Å². The zero-order valence-corrected chi connectivity index (χ0v) is 21.8. The summed E-state index contributed by atoms with van der Waals surface area (Å²) < 4.78 is 28.3. The fourth-order valence-electron chi connectivity index (χ4n) is 3.38. The third-order valence-corrected chi connectivity index (χ3v) is 6.48. The van der Waals surface area contributed by atoms with Crippen molar-refractivity contribution >= 4 is 40.0 Å². The number of nitrogens with zero attached hydrogens (tertiary/aromatic N) is 2. The molecule has 2 rings (SSSR count). The van der Waals surface area contributed by atoms with E-state index in [0.717, 1.165) is 19.6 Å². The number of piperidine rings is 1. The predicted molar refractivity (Wildman–Crippen MR) is 135 cm³/mol. The maximum absolute atomic E-state index is 12.8. The minimum absolute atomic E-state index is 0. The van der Waals surface area contributed by atoms with E-state index in [0.29, 0.717) is 18.1 Å². The van der Waals surface area contributed by atoms with Gasteiger partial charge in [0.25, 0.3) is 0 Å². The Bertz CT molecular complexity index is 772. The van der Waals surface area contributed by atoms with Crippen molar-refractivity contribution in [2.24, 2.45) is 4.99 Å². The third kappa shape index (κ3) is 9.49. The molecule has 30 heavy (non-hydrogen) atoms. The molecule has 1 saturated heterocycles. The van der Waals surface area contributed by atoms with Crippen molar-refractivity contribution in [2.45, 2.75) is 63.9 Å². The highest BCUT2D eigenvalue weighted by atomic mass is 127. The first-order valence-corrected chi connectivity index (χ1v) is 12.1. The van der Waals surface area contributed by atoms with Crippen molar-refractivity contribution in [3.05, 3.63) is 29.8 Å². The van der Waals surface area contributed by atoms with Crippen LogP contribution in [0.5, 0.6) is 0 Å². The molecule has 1 aliphatic rings. The van der Waals surface area contributed by atoms with E-state index in [2.05, 4.69) is 25.2 Å². The second-order valence-electron chi connectivity index (χ2n) is 8.49. The maximum atomic E-state index is 12.8. The third-order valence-electron chi connectivity index (χ3n) is 4.62. The number of likely N-dealkylation sites (tertiary alicyclic amines) is 1. The molecule has 0 aromatic heterocycles. The average Bonchev–Trinajstić information content (AvgIpc) is 2.65. The van der Waals surface area contributed by atoms with Crippen molar-refractivity contribution in [1.29, 1.82) is 0 Å². The number of benzene rings is 1. The van der Waals surface area contributed by atoms with Crippen LogP contribution >= 0.6 is 24.0 Å². The highest BCUT2D eigenvalue weighted by Crippen LogP contribution is 2.18. The second-order valence-corrected chi connectivity index (χ2v) is 10.1. The van der Waals surface area contributed by atoms with Gasteiger partial charge < -0.3 is 15.5 Å². The molecule has 1 aromatic rings. The summed E-state index contributed by atoms with van der Waals surface area (Å²) >= 11 is 0. The van der Waals surface area contributed by atoms with Gasteiger partial charge >= 0.3 is 0 Å². The van der Waals surface area contributed by atoms with Crippen LogP contribution in [0.1, 0.15) is 52.5 Å². The van der Waals surface area contributed by atoms with Gasteiger partial charge in [0.15, 0.2) is 5.96 Å². The lowest BCUT2D eigenvalue weighted by atomic mass is 10.1. The van der Waals surface area contributed by atoms with Crippen molar-refractivity contribution in [3.63, 3.8) is 0 Å². The fraction of sp³-hybridized carbons (Fsp3) is 0.667. The van der Waals surface area contributed by atoms with Crippen LogP contribution in [-0.4, -0.2) is 57.5 Å². The Labute approximate surface area is 199 Å². The normalized spacial score (nSPS) is 16.1. The number of hydrogen-bond acceptors (Lipinski definition) is 4. The molecule has 1 aromatic carbocycles. The van der Waals surface area contributed by atoms with Crippen LogP contribution in [0.25, 0.3) is 0 Å². The van der Waals surface area contributed by atoms with Gasteiger partial charge in [0.1, 0.15) is 0 Å². The van der Waals surface area contributed by atoms with Gasteiger partial charge in [-0.15, -0.1) is 24.0 Å². The number of halogens is 1. The number of guanidine groups is 1. The molecule has 0 spiro atoms. The summed E-state index contributed by atoms with van der Waals surface area (Å²) in [6.07, 6.45) is 3.89. The molecule has 1 heterocycles. The Kier molecular flexibility index (Phi) is 11.6. The summed E-state index contributed by atoms with van der Waals surface area (Å²) in [5.74, 6) is 0.709. The largest absolute Gasteiger partial charge is 0.357 e. The molecule has 0 aliphatic carbocycles. The summed E-state index contributed by atoms with van der Waals surface area (Å²) in [6, 6.07) is 7.04. The Morgan fingerprint density at radius 3 is 2.40 bits per heavy atom. The first kappa shape index (κ1) is 27.1. The van der Waals surface area contributed by atoms with Crippen molar-refractivity contribution in [1.82, 2.24) is 20.3 Å². The van der Waals surface area contributed by atoms with Crippen LogP contribution in [0.4, 0.5) is 0 Å². The highest BCUT2D eigenvalue weighted by Gasteiger charge is 2.24. The first-order chi connectivity index (χ1) is 13.7. The quantitative estimate of drug-likeness (QED) is 0.263. The van der Waals surface area contributed by atoms with Crippen LogP contribution < -0.4 is 15.4 Å². The maximum Gasteiger partial charge on any atom is 0.241 e. The van der Waals surface area contributed by atoms with E-state index in [-0.39, 0.29) is 28.9 Å². The molecule has 0 atom stereocenters. The Balaban J connectivity index is 0.00000450. The van der Waals surface area contributed by atoms with Gasteiger partial charge in [0.05, 0.1) is 11.4 Å². The zero-order chi connectivity index (χ0) is 21.3. The van der Waals surface area contributed by atoms with Gasteiger partial charge in [-0.1, -0.05) is 24.6 Å². The molecule has 3 N–H and O–H groups in total. The summed E-state index contributed by atoms with van der Waals surface area (Å²) in [6.45, 7) is 12.7. The summed E-state index contributed by atoms with van der Waals surface area (Å²) in [5, 5.41) is 6.61. The van der Waals surface area contributed by atoms with E-state index in [1.54, 1.807) is 12.1 Å². The Morgan fingerprint density at radius 1 is 1.10 bits per heavy atom. The van der Waals surface area contributed by atoms with Gasteiger partial charge in [-0.25, -0.2) is 18.1 Å². The van der Waals surface area contributed by atoms with Crippen molar-refractivity contribution < 1.29 is 8.42 Å². The lowest BCUT2D eigenvalue weighted by Gasteiger charge is -2.26. The van der Waals surface area contributed by atoms with Gasteiger partial charge in [0, 0.05) is 25.2 Å². The van der Waals surface area contributed by atoms with Crippen LogP contribution in [-0.2, 0) is 16.6 Å². The van der Waals surface area contributed by atoms with Crippen molar-refractivity contribution in [3.8, 4) is 0 Å². The van der Waals surface area contributed by atoms with E-state index in [4.69, 9.17) is 0 Å². The smallest absolute Gasteiger partial charge is 0.241 e. The molecule has 9 heteroatoms. The van der Waals surface area contributed by atoms with Crippen molar-refractivity contribution in [2.75, 3.05) is 32.7 Å². The lowest BCUT2D eigenvalue weighted by Crippen LogP contribution is -2.42. The summed E-state index contributed by atoms with van der Waals surface area (Å²) in [7, 11) is -3.61. The van der Waals surface area contributed by atoms with Crippen LogP contribution in [0.3, 0.4) is 0 Å². The summed E-state index contributed by atoms with van der Waals surface area (Å²) in [5.41, 5.74) is 0.137. The SMILES string of the molecule is CCNC(=NCc1ccccc1S(=O)(=O)NC(C)(C)C)NCCN1CCCCC1.I. The monoisotopic (exact) mass is 551 g/mol. The molecular weight excluding hydrogens is 513 g/mol. The van der Waals surface area contributed by atoms with E-state index in [9.17, 15) is 8.42 Å². The zero-order valence-electron chi connectivity index (χ0n) is 18.7. The van der Waals surface area contributed by atoms with Gasteiger partial charge in [-0.3, -0.25) is 0 Å². The van der Waals surface area contributed by atoms with Gasteiger partial charge in [0.2, 0.25) is 10.0 Å². The molecule has 172 valence electrons. The van der Waals surface area contributed by atoms with Gasteiger partial charge in [-0.05, 0) is 65.3 Å². The highest BCUT2D eigenvalue weighted by molar-refractivity contribution is 14.0. The minimum Gasteiger partial charge on any atom is -0.357 e. The number of aliphatic imine (C=N–C) groups is 1. The number of hydrogen-bond donors (Lipinski definition) is 3. The molecule has 1 fully saturated rings. The molecule has 1 aliphatic heterocycles. The van der Waals surface area contributed by atoms with E-state index >= 15 is 0 Å². The Morgan fingerprint density at radius 2 is 1.77 bits per heavy atom. The lowest BCUT2D eigenvalue weighted by molar-refractivity contribution is 0.232. The van der Waals surface area contributed by atoms with E-state index in [1.165, 1.54) is 32.4 Å². The molecule has 0 radical (unpaired) electrons. The molecule has 0 unspecified atom stereocenters. The predicted octanol–water partition coefficient (Wildman–Crippen LogP) is 2.92. The van der Waals surface area contributed by atoms with Crippen LogP contribution in [0.2, 0.25) is 0 Å². The first-order valence-electron chi connectivity index (χ1n) is 10.6. The van der Waals surface area contributed by atoms with E-state index in [1.807, 2.05) is 39.8 Å². The molecule has 7 nitrogen and oxygen atoms in total. The molecule has 0 bridgehead atoms. The number of nitrogens with one attached hydrogen (secondary N) is 3. The second kappa shape index (κ2) is 12.8. The van der Waals surface area contributed by atoms with Crippen LogP contribution in [0, 0.1) is 0 Å². The Hall–Kier alpha value is -0.910.